The lowest BCUT2D eigenvalue weighted by molar-refractivity contribution is 0.111. The van der Waals surface area contributed by atoms with Gasteiger partial charge in [-0.05, 0) is 17.7 Å². The zero-order valence-electron chi connectivity index (χ0n) is 10.3. The van der Waals surface area contributed by atoms with Crippen molar-refractivity contribution in [1.82, 2.24) is 4.98 Å². The van der Waals surface area contributed by atoms with E-state index in [0.717, 1.165) is 11.3 Å². The van der Waals surface area contributed by atoms with Crippen molar-refractivity contribution in [3.63, 3.8) is 0 Å². The molecule has 1 aromatic heterocycles. The number of nitrogens with zero attached hydrogens (tertiary/aromatic N) is 1. The molecule has 2 rings (SSSR count). The molecule has 2 aromatic rings. The molecule has 1 heterocycles. The molecule has 0 fully saturated rings. The minimum Gasteiger partial charge on any atom is -0.497 e. The summed E-state index contributed by atoms with van der Waals surface area (Å²) < 4.78 is 10.6. The monoisotopic (exact) mass is 277 g/mol. The first-order valence-corrected chi connectivity index (χ1v) is 5.97. The second-order valence-corrected chi connectivity index (χ2v) is 4.20. The molecule has 0 aliphatic rings. The van der Waals surface area contributed by atoms with Gasteiger partial charge in [0.1, 0.15) is 23.8 Å². The van der Waals surface area contributed by atoms with Gasteiger partial charge in [0.25, 0.3) is 0 Å². The number of carbonyl (C=O) groups excluding carboxylic acids is 1. The first kappa shape index (κ1) is 13.4. The second kappa shape index (κ2) is 6.20. The average Bonchev–Trinajstić information content (AvgIpc) is 2.46. The molecule has 0 N–H and O–H groups in total. The standard InChI is InChI=1S/C14H12ClNO3/c1-18-11-4-2-10(3-5-11)9-19-12-6-13(15)14(8-17)16-7-12/h2-8H,9H2,1H3. The number of aromatic nitrogens is 1. The maximum absolute atomic E-state index is 10.6. The molecule has 5 heteroatoms. The van der Waals surface area contributed by atoms with E-state index in [2.05, 4.69) is 4.98 Å². The lowest BCUT2D eigenvalue weighted by atomic mass is 10.2. The van der Waals surface area contributed by atoms with E-state index in [0.29, 0.717) is 18.6 Å². The summed E-state index contributed by atoms with van der Waals surface area (Å²) in [6.45, 7) is 0.391. The minimum absolute atomic E-state index is 0.207. The van der Waals surface area contributed by atoms with Gasteiger partial charge in [-0.3, -0.25) is 4.79 Å². The number of hydrogen-bond acceptors (Lipinski definition) is 4. The van der Waals surface area contributed by atoms with E-state index in [4.69, 9.17) is 21.1 Å². The fourth-order valence-corrected chi connectivity index (χ4v) is 1.69. The van der Waals surface area contributed by atoms with Gasteiger partial charge >= 0.3 is 0 Å². The van der Waals surface area contributed by atoms with Crippen LogP contribution in [0.15, 0.2) is 36.5 Å². The Morgan fingerprint density at radius 1 is 1.26 bits per heavy atom. The molecule has 0 atom stereocenters. The summed E-state index contributed by atoms with van der Waals surface area (Å²) in [7, 11) is 1.62. The largest absolute Gasteiger partial charge is 0.497 e. The van der Waals surface area contributed by atoms with Gasteiger partial charge in [0.15, 0.2) is 6.29 Å². The zero-order valence-corrected chi connectivity index (χ0v) is 11.1. The lowest BCUT2D eigenvalue weighted by Gasteiger charge is -2.07. The van der Waals surface area contributed by atoms with Crippen LogP contribution in [0.2, 0.25) is 5.02 Å². The molecule has 0 amide bonds. The van der Waals surface area contributed by atoms with Crippen molar-refractivity contribution in [3.05, 3.63) is 52.8 Å². The number of carbonyl (C=O) groups is 1. The topological polar surface area (TPSA) is 48.4 Å². The predicted molar refractivity (Wildman–Crippen MR) is 72.0 cm³/mol. The molecule has 0 bridgehead atoms. The Hall–Kier alpha value is -2.07. The number of aldehydes is 1. The van der Waals surface area contributed by atoms with Crippen LogP contribution in [-0.4, -0.2) is 18.4 Å². The van der Waals surface area contributed by atoms with Crippen LogP contribution in [0.5, 0.6) is 11.5 Å². The number of halogens is 1. The third kappa shape index (κ3) is 3.45. The van der Waals surface area contributed by atoms with E-state index in [1.54, 1.807) is 13.2 Å². The first-order valence-electron chi connectivity index (χ1n) is 5.59. The quantitative estimate of drug-likeness (QED) is 0.788. The molecule has 1 aromatic carbocycles. The molecular formula is C14H12ClNO3. The van der Waals surface area contributed by atoms with Gasteiger partial charge in [-0.25, -0.2) is 4.98 Å². The molecule has 0 saturated carbocycles. The van der Waals surface area contributed by atoms with Gasteiger partial charge in [0, 0.05) is 6.07 Å². The average molecular weight is 278 g/mol. The summed E-state index contributed by atoms with van der Waals surface area (Å²) in [5.41, 5.74) is 1.20. The molecule has 0 aliphatic carbocycles. The van der Waals surface area contributed by atoms with Crippen LogP contribution in [0.1, 0.15) is 16.1 Å². The number of pyridine rings is 1. The number of hydrogen-bond donors (Lipinski definition) is 0. The number of ether oxygens (including phenoxy) is 2. The van der Waals surface area contributed by atoms with E-state index in [1.165, 1.54) is 6.20 Å². The van der Waals surface area contributed by atoms with Crippen LogP contribution < -0.4 is 9.47 Å². The highest BCUT2D eigenvalue weighted by molar-refractivity contribution is 6.32. The number of rotatable bonds is 5. The number of methoxy groups -OCH3 is 1. The smallest absolute Gasteiger partial charge is 0.169 e. The summed E-state index contributed by atoms with van der Waals surface area (Å²) in [5, 5.41) is 0.280. The normalized spacial score (nSPS) is 10.0. The highest BCUT2D eigenvalue weighted by Crippen LogP contribution is 2.20. The molecule has 19 heavy (non-hydrogen) atoms. The van der Waals surface area contributed by atoms with Gasteiger partial charge in [-0.2, -0.15) is 0 Å². The van der Waals surface area contributed by atoms with Crippen LogP contribution in [0.25, 0.3) is 0 Å². The van der Waals surface area contributed by atoms with Crippen molar-refractivity contribution in [2.24, 2.45) is 0 Å². The zero-order chi connectivity index (χ0) is 13.7. The van der Waals surface area contributed by atoms with Crippen LogP contribution in [0.3, 0.4) is 0 Å². The molecule has 0 aliphatic heterocycles. The molecule has 0 spiro atoms. The maximum Gasteiger partial charge on any atom is 0.169 e. The Morgan fingerprint density at radius 2 is 2.00 bits per heavy atom. The summed E-state index contributed by atoms with van der Waals surface area (Å²) in [6.07, 6.45) is 2.08. The van der Waals surface area contributed by atoms with Crippen molar-refractivity contribution in [3.8, 4) is 11.5 Å². The Labute approximate surface area is 115 Å². The van der Waals surface area contributed by atoms with E-state index < -0.39 is 0 Å². The predicted octanol–water partition coefficient (Wildman–Crippen LogP) is 3.14. The van der Waals surface area contributed by atoms with Crippen LogP contribution >= 0.6 is 11.6 Å². The summed E-state index contributed by atoms with van der Waals surface area (Å²) >= 11 is 5.86. The van der Waals surface area contributed by atoms with Crippen molar-refractivity contribution >= 4 is 17.9 Å². The van der Waals surface area contributed by atoms with Gasteiger partial charge in [0.2, 0.25) is 0 Å². The molecule has 98 valence electrons. The molecule has 0 radical (unpaired) electrons. The van der Waals surface area contributed by atoms with Crippen molar-refractivity contribution in [1.29, 1.82) is 0 Å². The Bertz CT molecular complexity index is 569. The Balaban J connectivity index is 2.01. The van der Waals surface area contributed by atoms with Gasteiger partial charge in [-0.15, -0.1) is 0 Å². The third-order valence-electron chi connectivity index (χ3n) is 2.52. The fraction of sp³-hybridized carbons (Fsp3) is 0.143. The van der Waals surface area contributed by atoms with Crippen molar-refractivity contribution < 1.29 is 14.3 Å². The van der Waals surface area contributed by atoms with Crippen LogP contribution in [0, 0.1) is 0 Å². The Kier molecular flexibility index (Phi) is 4.36. The molecular weight excluding hydrogens is 266 g/mol. The highest BCUT2D eigenvalue weighted by Gasteiger charge is 2.03. The van der Waals surface area contributed by atoms with Gasteiger partial charge < -0.3 is 9.47 Å². The lowest BCUT2D eigenvalue weighted by Crippen LogP contribution is -1.97. The molecule has 4 nitrogen and oxygen atoms in total. The summed E-state index contributed by atoms with van der Waals surface area (Å²) in [6, 6.07) is 9.11. The van der Waals surface area contributed by atoms with E-state index in [-0.39, 0.29) is 10.7 Å². The third-order valence-corrected chi connectivity index (χ3v) is 2.82. The summed E-state index contributed by atoms with van der Waals surface area (Å²) in [4.78, 5) is 14.5. The first-order chi connectivity index (χ1) is 9.22. The van der Waals surface area contributed by atoms with Crippen LogP contribution in [-0.2, 0) is 6.61 Å². The van der Waals surface area contributed by atoms with Crippen molar-refractivity contribution in [2.45, 2.75) is 6.61 Å². The number of benzene rings is 1. The summed E-state index contributed by atoms with van der Waals surface area (Å²) in [5.74, 6) is 1.32. The highest BCUT2D eigenvalue weighted by atomic mass is 35.5. The molecule has 0 saturated heterocycles. The van der Waals surface area contributed by atoms with Crippen LogP contribution in [0.4, 0.5) is 0 Å². The maximum atomic E-state index is 10.6. The van der Waals surface area contributed by atoms with Gasteiger partial charge in [0.05, 0.1) is 18.3 Å². The van der Waals surface area contributed by atoms with E-state index in [9.17, 15) is 4.79 Å². The van der Waals surface area contributed by atoms with E-state index in [1.807, 2.05) is 24.3 Å². The molecule has 0 unspecified atom stereocenters. The van der Waals surface area contributed by atoms with Crippen molar-refractivity contribution in [2.75, 3.05) is 7.11 Å². The fourth-order valence-electron chi connectivity index (χ4n) is 1.49. The van der Waals surface area contributed by atoms with Gasteiger partial charge in [-0.1, -0.05) is 23.7 Å². The van der Waals surface area contributed by atoms with E-state index >= 15 is 0 Å². The second-order valence-electron chi connectivity index (χ2n) is 3.79. The Morgan fingerprint density at radius 3 is 2.58 bits per heavy atom. The SMILES string of the molecule is COc1ccc(COc2cnc(C=O)c(Cl)c2)cc1. The minimum atomic E-state index is 0.207.